The van der Waals surface area contributed by atoms with E-state index < -0.39 is 28.0 Å². The van der Waals surface area contributed by atoms with Crippen molar-refractivity contribution in [2.24, 2.45) is 5.92 Å². The summed E-state index contributed by atoms with van der Waals surface area (Å²) in [6, 6.07) is 0.625. The van der Waals surface area contributed by atoms with Gasteiger partial charge in [-0.15, -0.1) is 4.72 Å². The van der Waals surface area contributed by atoms with Crippen LogP contribution >= 0.6 is 23.2 Å². The van der Waals surface area contributed by atoms with Gasteiger partial charge in [-0.3, -0.25) is 0 Å². The molecular formula is C16H23Cl2FN2O2S. The van der Waals surface area contributed by atoms with Crippen LogP contribution in [0.2, 0.25) is 10.0 Å². The second-order valence-electron chi connectivity index (χ2n) is 6.98. The van der Waals surface area contributed by atoms with Crippen molar-refractivity contribution in [3.63, 3.8) is 0 Å². The summed E-state index contributed by atoms with van der Waals surface area (Å²) in [5.41, 5.74) is 0.0360. The normalized spacial score (nSPS) is 19.3. The van der Waals surface area contributed by atoms with Crippen LogP contribution in [0.3, 0.4) is 0 Å². The molecule has 0 bridgehead atoms. The van der Waals surface area contributed by atoms with Gasteiger partial charge in [0.1, 0.15) is 10.5 Å². The standard InChI is InChI=1S/C16H23Cl2FN2O2S/c1-16(2,3)24(23)21-15(9-4-6-20-7-5-9)12-11(22)8-10(17)13(18)14(12)19/h8-9,15,20-22H,4-7H2,1-3H3/t15?,24-/m1/s1. The van der Waals surface area contributed by atoms with Crippen molar-refractivity contribution < 1.29 is 14.0 Å². The average Bonchev–Trinajstić information content (AvgIpc) is 2.51. The average molecular weight is 397 g/mol. The minimum atomic E-state index is -1.42. The van der Waals surface area contributed by atoms with Gasteiger partial charge in [-0.1, -0.05) is 23.2 Å². The van der Waals surface area contributed by atoms with Gasteiger partial charge in [-0.2, -0.15) is 0 Å². The molecular weight excluding hydrogens is 374 g/mol. The summed E-state index contributed by atoms with van der Waals surface area (Å²) < 4.78 is 29.8. The fraction of sp³-hybridized carbons (Fsp3) is 0.625. The van der Waals surface area contributed by atoms with E-state index in [-0.39, 0.29) is 27.3 Å². The second-order valence-corrected chi connectivity index (χ2v) is 9.77. The molecule has 1 fully saturated rings. The van der Waals surface area contributed by atoms with Crippen LogP contribution in [0.1, 0.15) is 45.2 Å². The van der Waals surface area contributed by atoms with Crippen LogP contribution in [0, 0.1) is 11.7 Å². The Kier molecular flexibility index (Phi) is 6.67. The Morgan fingerprint density at radius 3 is 2.50 bits per heavy atom. The van der Waals surface area contributed by atoms with Gasteiger partial charge in [0, 0.05) is 17.4 Å². The molecule has 2 atom stereocenters. The van der Waals surface area contributed by atoms with E-state index >= 15 is 0 Å². The molecule has 1 aromatic carbocycles. The molecule has 24 heavy (non-hydrogen) atoms. The SMILES string of the molecule is CC(C)(C)[S@@+]([O-])NC(c1c(O)cc(Cl)c(Cl)c1F)C1CCNCC1. The molecule has 2 rings (SSSR count). The fourth-order valence-electron chi connectivity index (χ4n) is 2.75. The zero-order valence-corrected chi connectivity index (χ0v) is 16.3. The summed E-state index contributed by atoms with van der Waals surface area (Å²) in [4.78, 5) is 0. The van der Waals surface area contributed by atoms with E-state index in [0.717, 1.165) is 25.9 Å². The lowest BCUT2D eigenvalue weighted by molar-refractivity contribution is 0.293. The Morgan fingerprint density at radius 2 is 1.96 bits per heavy atom. The quantitative estimate of drug-likeness (QED) is 0.532. The van der Waals surface area contributed by atoms with E-state index in [1.807, 2.05) is 20.8 Å². The van der Waals surface area contributed by atoms with Crippen LogP contribution in [0.4, 0.5) is 4.39 Å². The maximum Gasteiger partial charge on any atom is 0.151 e. The molecule has 0 aromatic heterocycles. The van der Waals surface area contributed by atoms with E-state index in [1.54, 1.807) is 0 Å². The number of nitrogens with one attached hydrogen (secondary N) is 2. The number of phenolic OH excluding ortho intramolecular Hbond substituents is 1. The van der Waals surface area contributed by atoms with Gasteiger partial charge in [0.15, 0.2) is 5.82 Å². The number of hydrogen-bond acceptors (Lipinski definition) is 4. The molecule has 1 aromatic rings. The van der Waals surface area contributed by atoms with Crippen molar-refractivity contribution in [3.8, 4) is 5.75 Å². The van der Waals surface area contributed by atoms with Crippen LogP contribution in [0.25, 0.3) is 0 Å². The molecule has 0 radical (unpaired) electrons. The molecule has 1 aliphatic rings. The van der Waals surface area contributed by atoms with Crippen molar-refractivity contribution in [1.29, 1.82) is 0 Å². The van der Waals surface area contributed by atoms with E-state index in [1.165, 1.54) is 6.07 Å². The molecule has 4 nitrogen and oxygen atoms in total. The zero-order chi connectivity index (χ0) is 18.1. The summed E-state index contributed by atoms with van der Waals surface area (Å²) in [5.74, 6) is -1.01. The second kappa shape index (κ2) is 7.98. The lowest BCUT2D eigenvalue weighted by Crippen LogP contribution is -2.45. The number of piperidine rings is 1. The van der Waals surface area contributed by atoms with Gasteiger partial charge < -0.3 is 15.0 Å². The van der Waals surface area contributed by atoms with Gasteiger partial charge in [-0.05, 0) is 52.6 Å². The maximum absolute atomic E-state index is 14.7. The zero-order valence-electron chi connectivity index (χ0n) is 14.0. The van der Waals surface area contributed by atoms with Crippen LogP contribution < -0.4 is 10.0 Å². The first-order valence-corrected chi connectivity index (χ1v) is 9.78. The third-order valence-corrected chi connectivity index (χ3v) is 6.48. The molecule has 0 aliphatic carbocycles. The van der Waals surface area contributed by atoms with Crippen molar-refractivity contribution in [3.05, 3.63) is 27.5 Å². The van der Waals surface area contributed by atoms with Crippen molar-refractivity contribution in [2.75, 3.05) is 13.1 Å². The van der Waals surface area contributed by atoms with Crippen molar-refractivity contribution in [2.45, 2.75) is 44.4 Å². The molecule has 1 saturated heterocycles. The number of phenols is 1. The topological polar surface area (TPSA) is 67.3 Å². The van der Waals surface area contributed by atoms with Gasteiger partial charge >= 0.3 is 0 Å². The highest BCUT2D eigenvalue weighted by Gasteiger charge is 2.37. The first-order chi connectivity index (χ1) is 11.1. The maximum atomic E-state index is 14.7. The van der Waals surface area contributed by atoms with Crippen molar-refractivity contribution in [1.82, 2.24) is 10.0 Å². The lowest BCUT2D eigenvalue weighted by atomic mass is 9.86. The van der Waals surface area contributed by atoms with Crippen LogP contribution in [-0.2, 0) is 11.4 Å². The number of rotatable bonds is 4. The third kappa shape index (κ3) is 4.48. The summed E-state index contributed by atoms with van der Waals surface area (Å²) in [6.45, 7) is 7.07. The molecule has 0 spiro atoms. The molecule has 8 heteroatoms. The highest BCUT2D eigenvalue weighted by Crippen LogP contribution is 2.41. The minimum absolute atomic E-state index is 0.0233. The van der Waals surface area contributed by atoms with Crippen LogP contribution in [0.15, 0.2) is 6.07 Å². The molecule has 1 unspecified atom stereocenters. The van der Waals surface area contributed by atoms with Crippen LogP contribution in [-0.4, -0.2) is 27.5 Å². The lowest BCUT2D eigenvalue weighted by Gasteiger charge is -2.34. The molecule has 136 valence electrons. The third-order valence-electron chi connectivity index (χ3n) is 4.13. The van der Waals surface area contributed by atoms with Crippen LogP contribution in [0.5, 0.6) is 5.75 Å². The highest BCUT2D eigenvalue weighted by molar-refractivity contribution is 7.90. The predicted octanol–water partition coefficient (Wildman–Crippen LogP) is 3.93. The monoisotopic (exact) mass is 396 g/mol. The summed E-state index contributed by atoms with van der Waals surface area (Å²) in [7, 11) is 0. The summed E-state index contributed by atoms with van der Waals surface area (Å²) in [6.07, 6.45) is 1.55. The molecule has 0 saturated carbocycles. The summed E-state index contributed by atoms with van der Waals surface area (Å²) >= 11 is 10.3. The van der Waals surface area contributed by atoms with Crippen molar-refractivity contribution >= 4 is 34.6 Å². The largest absolute Gasteiger partial charge is 0.598 e. The highest BCUT2D eigenvalue weighted by atomic mass is 35.5. The molecule has 0 amide bonds. The van der Waals surface area contributed by atoms with Gasteiger partial charge in [0.25, 0.3) is 0 Å². The van der Waals surface area contributed by atoms with E-state index in [9.17, 15) is 14.0 Å². The molecule has 1 aliphatic heterocycles. The number of hydrogen-bond donors (Lipinski definition) is 3. The summed E-state index contributed by atoms with van der Waals surface area (Å²) in [5, 5.41) is 13.2. The molecule has 3 N–H and O–H groups in total. The number of aromatic hydroxyl groups is 1. The van der Waals surface area contributed by atoms with Gasteiger partial charge in [-0.25, -0.2) is 4.39 Å². The van der Waals surface area contributed by atoms with E-state index in [4.69, 9.17) is 23.2 Å². The number of benzene rings is 1. The Hall–Kier alpha value is -0.240. The van der Waals surface area contributed by atoms with Gasteiger partial charge in [0.2, 0.25) is 0 Å². The van der Waals surface area contributed by atoms with Gasteiger partial charge in [0.05, 0.1) is 21.7 Å². The Balaban J connectivity index is 2.44. The first kappa shape index (κ1) is 20.1. The first-order valence-electron chi connectivity index (χ1n) is 7.88. The van der Waals surface area contributed by atoms with E-state index in [0.29, 0.717) is 0 Å². The Labute approximate surface area is 155 Å². The predicted molar refractivity (Wildman–Crippen MR) is 97.5 cm³/mol. The smallest absolute Gasteiger partial charge is 0.151 e. The Bertz CT molecular complexity index is 592. The van der Waals surface area contributed by atoms with E-state index in [2.05, 4.69) is 10.0 Å². The Morgan fingerprint density at radius 1 is 1.38 bits per heavy atom. The fourth-order valence-corrected chi connectivity index (χ4v) is 3.99. The molecule has 1 heterocycles. The number of halogens is 3. The minimum Gasteiger partial charge on any atom is -0.598 e.